The third-order valence-electron chi connectivity index (χ3n) is 1.68. The van der Waals surface area contributed by atoms with E-state index < -0.39 is 5.97 Å². The predicted octanol–water partition coefficient (Wildman–Crippen LogP) is 0.145. The fraction of sp³-hybridized carbons (Fsp3) is 0.833. The van der Waals surface area contributed by atoms with Gasteiger partial charge in [0.1, 0.15) is 6.04 Å². The van der Waals surface area contributed by atoms with Crippen LogP contribution in [0.15, 0.2) is 0 Å². The molecule has 0 aliphatic carbocycles. The maximum absolute atomic E-state index is 10.6. The summed E-state index contributed by atoms with van der Waals surface area (Å²) < 4.78 is 0. The maximum Gasteiger partial charge on any atom is 0.358 e. The molecule has 0 bridgehead atoms. The molecule has 0 radical (unpaired) electrons. The van der Waals surface area contributed by atoms with Gasteiger partial charge in [0.05, 0.1) is 0 Å². The zero-order valence-electron chi connectivity index (χ0n) is 5.67. The largest absolute Gasteiger partial charge is 0.358 e. The Hall–Kier alpha value is -0.610. The first-order valence-corrected chi connectivity index (χ1v) is 3.43. The van der Waals surface area contributed by atoms with E-state index in [0.717, 1.165) is 25.8 Å². The molecule has 0 aromatic heterocycles. The minimum atomic E-state index is -0.570. The van der Waals surface area contributed by atoms with Gasteiger partial charge in [0.25, 0.3) is 0 Å². The SMILES string of the molecule is O=C(OO)C1CCCCN1. The van der Waals surface area contributed by atoms with Crippen molar-refractivity contribution in [1.29, 1.82) is 0 Å². The molecule has 0 amide bonds. The summed E-state index contributed by atoms with van der Waals surface area (Å²) in [6.45, 7) is 0.833. The molecule has 1 fully saturated rings. The Morgan fingerprint density at radius 2 is 2.40 bits per heavy atom. The van der Waals surface area contributed by atoms with Gasteiger partial charge in [-0.1, -0.05) is 6.42 Å². The molecule has 4 nitrogen and oxygen atoms in total. The molecular formula is C6H11NO3. The molecule has 0 spiro atoms. The van der Waals surface area contributed by atoms with E-state index in [1.165, 1.54) is 0 Å². The van der Waals surface area contributed by atoms with Crippen LogP contribution >= 0.6 is 0 Å². The Morgan fingerprint density at radius 1 is 1.60 bits per heavy atom. The topological polar surface area (TPSA) is 58.6 Å². The summed E-state index contributed by atoms with van der Waals surface area (Å²) in [6.07, 6.45) is 2.88. The maximum atomic E-state index is 10.6. The van der Waals surface area contributed by atoms with Crippen LogP contribution in [0.25, 0.3) is 0 Å². The standard InChI is InChI=1S/C6H11NO3/c8-6(10-9)5-3-1-2-4-7-5/h5,7,9H,1-4H2. The first-order chi connectivity index (χ1) is 4.84. The molecule has 1 aliphatic heterocycles. The minimum Gasteiger partial charge on any atom is -0.304 e. The van der Waals surface area contributed by atoms with Crippen molar-refractivity contribution in [2.24, 2.45) is 0 Å². The lowest BCUT2D eigenvalue weighted by Gasteiger charge is -2.19. The Balaban J connectivity index is 2.31. The van der Waals surface area contributed by atoms with Gasteiger partial charge in [-0.2, -0.15) is 5.26 Å². The van der Waals surface area contributed by atoms with Crippen LogP contribution in [0.2, 0.25) is 0 Å². The van der Waals surface area contributed by atoms with Gasteiger partial charge in [0, 0.05) is 0 Å². The van der Waals surface area contributed by atoms with Crippen LogP contribution in [0, 0.1) is 0 Å². The predicted molar refractivity (Wildman–Crippen MR) is 34.4 cm³/mol. The number of hydrogen-bond donors (Lipinski definition) is 2. The van der Waals surface area contributed by atoms with E-state index in [1.54, 1.807) is 0 Å². The molecule has 4 heteroatoms. The number of rotatable bonds is 1. The molecule has 1 rings (SSSR count). The second-order valence-electron chi connectivity index (χ2n) is 2.41. The lowest BCUT2D eigenvalue weighted by molar-refractivity contribution is -0.237. The van der Waals surface area contributed by atoms with Gasteiger partial charge in [-0.15, -0.1) is 0 Å². The number of nitrogens with one attached hydrogen (secondary N) is 1. The van der Waals surface area contributed by atoms with Crippen LogP contribution in [0.5, 0.6) is 0 Å². The summed E-state index contributed by atoms with van der Waals surface area (Å²) >= 11 is 0. The summed E-state index contributed by atoms with van der Waals surface area (Å²) in [5.74, 6) is -0.570. The summed E-state index contributed by atoms with van der Waals surface area (Å²) in [6, 6.07) is -0.293. The highest BCUT2D eigenvalue weighted by molar-refractivity contribution is 5.75. The van der Waals surface area contributed by atoms with E-state index in [9.17, 15) is 4.79 Å². The van der Waals surface area contributed by atoms with Crippen LogP contribution < -0.4 is 5.32 Å². The second kappa shape index (κ2) is 3.53. The van der Waals surface area contributed by atoms with Gasteiger partial charge in [-0.05, 0) is 19.4 Å². The van der Waals surface area contributed by atoms with Crippen molar-refractivity contribution < 1.29 is 14.9 Å². The van der Waals surface area contributed by atoms with Crippen LogP contribution in [0.3, 0.4) is 0 Å². The monoisotopic (exact) mass is 145 g/mol. The van der Waals surface area contributed by atoms with Gasteiger partial charge in [-0.25, -0.2) is 4.79 Å². The van der Waals surface area contributed by atoms with Crippen molar-refractivity contribution in [3.63, 3.8) is 0 Å². The third kappa shape index (κ3) is 1.68. The van der Waals surface area contributed by atoms with Gasteiger partial charge >= 0.3 is 5.97 Å². The average Bonchev–Trinajstić information content (AvgIpc) is 2.05. The zero-order valence-corrected chi connectivity index (χ0v) is 5.67. The highest BCUT2D eigenvalue weighted by atomic mass is 17.1. The lowest BCUT2D eigenvalue weighted by atomic mass is 10.1. The van der Waals surface area contributed by atoms with Gasteiger partial charge < -0.3 is 5.32 Å². The summed E-state index contributed by atoms with van der Waals surface area (Å²) in [5.41, 5.74) is 0. The molecule has 10 heavy (non-hydrogen) atoms. The second-order valence-corrected chi connectivity index (χ2v) is 2.41. The Morgan fingerprint density at radius 3 is 2.90 bits per heavy atom. The van der Waals surface area contributed by atoms with Crippen LogP contribution in [0.4, 0.5) is 0 Å². The normalized spacial score (nSPS) is 25.9. The molecule has 58 valence electrons. The lowest BCUT2D eigenvalue weighted by Crippen LogP contribution is -2.41. The van der Waals surface area contributed by atoms with Crippen molar-refractivity contribution in [3.05, 3.63) is 0 Å². The molecule has 2 N–H and O–H groups in total. The number of hydrogen-bond acceptors (Lipinski definition) is 4. The van der Waals surface area contributed by atoms with E-state index in [4.69, 9.17) is 5.26 Å². The molecular weight excluding hydrogens is 134 g/mol. The fourth-order valence-electron chi connectivity index (χ4n) is 1.12. The highest BCUT2D eigenvalue weighted by Crippen LogP contribution is 2.07. The van der Waals surface area contributed by atoms with Crippen molar-refractivity contribution in [3.8, 4) is 0 Å². The van der Waals surface area contributed by atoms with E-state index in [-0.39, 0.29) is 6.04 Å². The van der Waals surface area contributed by atoms with E-state index in [2.05, 4.69) is 10.2 Å². The Labute approximate surface area is 59.1 Å². The molecule has 1 atom stereocenters. The molecule has 1 heterocycles. The van der Waals surface area contributed by atoms with Crippen LogP contribution in [-0.2, 0) is 9.68 Å². The minimum absolute atomic E-state index is 0.293. The molecule has 1 saturated heterocycles. The molecule has 1 aliphatic rings. The fourth-order valence-corrected chi connectivity index (χ4v) is 1.12. The molecule has 1 unspecified atom stereocenters. The molecule has 0 aromatic rings. The Bertz CT molecular complexity index is 120. The molecule has 0 saturated carbocycles. The summed E-state index contributed by atoms with van der Waals surface area (Å²) in [7, 11) is 0. The first-order valence-electron chi connectivity index (χ1n) is 3.43. The van der Waals surface area contributed by atoms with E-state index in [1.807, 2.05) is 0 Å². The summed E-state index contributed by atoms with van der Waals surface area (Å²) in [4.78, 5) is 14.2. The Kier molecular flexibility index (Phi) is 2.65. The van der Waals surface area contributed by atoms with Gasteiger partial charge in [0.15, 0.2) is 0 Å². The van der Waals surface area contributed by atoms with Crippen molar-refractivity contribution in [2.75, 3.05) is 6.54 Å². The third-order valence-corrected chi connectivity index (χ3v) is 1.68. The van der Waals surface area contributed by atoms with E-state index in [0.29, 0.717) is 0 Å². The summed E-state index contributed by atoms with van der Waals surface area (Å²) in [5, 5.41) is 10.9. The smallest absolute Gasteiger partial charge is 0.304 e. The average molecular weight is 145 g/mol. The number of piperidine rings is 1. The number of carbonyl (C=O) groups excluding carboxylic acids is 1. The van der Waals surface area contributed by atoms with E-state index >= 15 is 0 Å². The van der Waals surface area contributed by atoms with Crippen LogP contribution in [-0.4, -0.2) is 23.8 Å². The highest BCUT2D eigenvalue weighted by Gasteiger charge is 2.21. The van der Waals surface area contributed by atoms with Crippen LogP contribution in [0.1, 0.15) is 19.3 Å². The van der Waals surface area contributed by atoms with Crippen molar-refractivity contribution in [2.45, 2.75) is 25.3 Å². The van der Waals surface area contributed by atoms with Gasteiger partial charge in [-0.3, -0.25) is 4.89 Å². The first kappa shape index (κ1) is 7.50. The quantitative estimate of drug-likeness (QED) is 0.407. The van der Waals surface area contributed by atoms with Gasteiger partial charge in [0.2, 0.25) is 0 Å². The zero-order chi connectivity index (χ0) is 7.40. The number of carbonyl (C=O) groups is 1. The molecule has 0 aromatic carbocycles. The van der Waals surface area contributed by atoms with Crippen molar-refractivity contribution in [1.82, 2.24) is 5.32 Å². The van der Waals surface area contributed by atoms with Crippen molar-refractivity contribution >= 4 is 5.97 Å².